The van der Waals surface area contributed by atoms with E-state index in [4.69, 9.17) is 16.3 Å². The molecule has 0 aromatic heterocycles. The molecule has 4 rings (SSSR count). The summed E-state index contributed by atoms with van der Waals surface area (Å²) in [6.45, 7) is 2.14. The van der Waals surface area contributed by atoms with E-state index in [2.05, 4.69) is 25.1 Å². The second-order valence-electron chi connectivity index (χ2n) is 6.65. The second-order valence-corrected chi connectivity index (χ2v) is 7.06. The van der Waals surface area contributed by atoms with Gasteiger partial charge >= 0.3 is 0 Å². The van der Waals surface area contributed by atoms with E-state index in [1.165, 1.54) is 42.4 Å². The first kappa shape index (κ1) is 14.1. The van der Waals surface area contributed by atoms with Crippen LogP contribution in [0.25, 0.3) is 11.1 Å². The summed E-state index contributed by atoms with van der Waals surface area (Å²) in [4.78, 5) is 0. The third-order valence-electron chi connectivity index (χ3n) is 5.01. The maximum Gasteiger partial charge on any atom is 0.130 e. The topological polar surface area (TPSA) is 9.23 Å². The molecule has 0 amide bonds. The van der Waals surface area contributed by atoms with Gasteiger partial charge in [0.2, 0.25) is 0 Å². The van der Waals surface area contributed by atoms with Crippen LogP contribution in [0.4, 0.5) is 0 Å². The van der Waals surface area contributed by atoms with Crippen LogP contribution < -0.4 is 4.74 Å². The van der Waals surface area contributed by atoms with Crippen LogP contribution in [0.2, 0.25) is 5.02 Å². The Kier molecular flexibility index (Phi) is 3.62. The molecule has 22 heavy (non-hydrogen) atoms. The van der Waals surface area contributed by atoms with Gasteiger partial charge in [-0.15, -0.1) is 0 Å². The van der Waals surface area contributed by atoms with Crippen molar-refractivity contribution in [2.75, 3.05) is 0 Å². The van der Waals surface area contributed by atoms with Crippen molar-refractivity contribution in [3.63, 3.8) is 0 Å². The minimum atomic E-state index is 0.259. The SMILES string of the molecule is CC1Cc2cc(C3CCCC3)cc(-c3ccccc3Cl)c2O1. The van der Waals surface area contributed by atoms with Crippen LogP contribution in [0.15, 0.2) is 36.4 Å². The highest BCUT2D eigenvalue weighted by Gasteiger charge is 2.27. The molecule has 0 saturated heterocycles. The van der Waals surface area contributed by atoms with Gasteiger partial charge in [-0.05, 0) is 48.9 Å². The molecule has 2 aromatic carbocycles. The molecule has 0 bridgehead atoms. The van der Waals surface area contributed by atoms with Crippen LogP contribution in [0.1, 0.15) is 49.7 Å². The summed E-state index contributed by atoms with van der Waals surface area (Å²) in [6.07, 6.45) is 6.61. The van der Waals surface area contributed by atoms with Crippen molar-refractivity contribution in [2.45, 2.75) is 51.0 Å². The van der Waals surface area contributed by atoms with Crippen LogP contribution in [0.5, 0.6) is 5.75 Å². The van der Waals surface area contributed by atoms with E-state index in [1.807, 2.05) is 18.2 Å². The zero-order chi connectivity index (χ0) is 15.1. The number of hydrogen-bond acceptors (Lipinski definition) is 1. The summed E-state index contributed by atoms with van der Waals surface area (Å²) < 4.78 is 6.11. The predicted molar refractivity (Wildman–Crippen MR) is 91.9 cm³/mol. The van der Waals surface area contributed by atoms with E-state index < -0.39 is 0 Å². The fourth-order valence-electron chi connectivity index (χ4n) is 3.93. The number of hydrogen-bond donors (Lipinski definition) is 0. The molecule has 1 fully saturated rings. The molecule has 0 radical (unpaired) electrons. The maximum absolute atomic E-state index is 6.45. The maximum atomic E-state index is 6.45. The lowest BCUT2D eigenvalue weighted by Crippen LogP contribution is -2.05. The van der Waals surface area contributed by atoms with E-state index >= 15 is 0 Å². The molecule has 1 nitrogen and oxygen atoms in total. The molecule has 1 atom stereocenters. The Morgan fingerprint density at radius 3 is 2.59 bits per heavy atom. The highest BCUT2D eigenvalue weighted by Crippen LogP contribution is 2.45. The summed E-state index contributed by atoms with van der Waals surface area (Å²) in [5.74, 6) is 1.75. The smallest absolute Gasteiger partial charge is 0.130 e. The van der Waals surface area contributed by atoms with Crippen molar-refractivity contribution >= 4 is 11.6 Å². The lowest BCUT2D eigenvalue weighted by atomic mass is 9.90. The van der Waals surface area contributed by atoms with Crippen molar-refractivity contribution in [3.05, 3.63) is 52.5 Å². The van der Waals surface area contributed by atoms with Gasteiger partial charge in [0, 0.05) is 22.6 Å². The highest BCUT2D eigenvalue weighted by atomic mass is 35.5. The van der Waals surface area contributed by atoms with Crippen molar-refractivity contribution < 1.29 is 4.74 Å². The van der Waals surface area contributed by atoms with Gasteiger partial charge < -0.3 is 4.74 Å². The van der Waals surface area contributed by atoms with Crippen LogP contribution in [-0.4, -0.2) is 6.10 Å². The van der Waals surface area contributed by atoms with E-state index in [-0.39, 0.29) is 6.10 Å². The molecule has 2 aromatic rings. The van der Waals surface area contributed by atoms with Crippen LogP contribution in [0, 0.1) is 0 Å². The lowest BCUT2D eigenvalue weighted by molar-refractivity contribution is 0.255. The van der Waals surface area contributed by atoms with E-state index in [1.54, 1.807) is 0 Å². The Morgan fingerprint density at radius 2 is 1.82 bits per heavy atom. The third kappa shape index (κ3) is 2.42. The molecule has 2 aliphatic rings. The molecular weight excluding hydrogens is 292 g/mol. The molecule has 2 heteroatoms. The summed E-state index contributed by atoms with van der Waals surface area (Å²) in [6, 6.07) is 12.8. The van der Waals surface area contributed by atoms with E-state index in [0.717, 1.165) is 22.8 Å². The standard InChI is InChI=1S/C20H21ClO/c1-13-10-16-11-15(14-6-2-3-7-14)12-18(20(16)22-13)17-8-4-5-9-19(17)21/h4-5,8-9,11-14H,2-3,6-7,10H2,1H3. The van der Waals surface area contributed by atoms with Gasteiger partial charge in [0.1, 0.15) is 11.9 Å². The zero-order valence-electron chi connectivity index (χ0n) is 12.9. The van der Waals surface area contributed by atoms with Crippen LogP contribution in [-0.2, 0) is 6.42 Å². The second kappa shape index (κ2) is 5.62. The lowest BCUT2D eigenvalue weighted by Gasteiger charge is -2.16. The van der Waals surface area contributed by atoms with Crippen molar-refractivity contribution in [2.24, 2.45) is 0 Å². The third-order valence-corrected chi connectivity index (χ3v) is 5.33. The van der Waals surface area contributed by atoms with Crippen LogP contribution >= 0.6 is 11.6 Å². The van der Waals surface area contributed by atoms with Crippen LogP contribution in [0.3, 0.4) is 0 Å². The van der Waals surface area contributed by atoms with Gasteiger partial charge in [0.05, 0.1) is 0 Å². The summed E-state index contributed by atoms with van der Waals surface area (Å²) >= 11 is 6.45. The first-order chi connectivity index (χ1) is 10.7. The quantitative estimate of drug-likeness (QED) is 0.662. The van der Waals surface area contributed by atoms with Gasteiger partial charge in [-0.3, -0.25) is 0 Å². The Hall–Kier alpha value is -1.47. The minimum Gasteiger partial charge on any atom is -0.489 e. The molecular formula is C20H21ClO. The Bertz CT molecular complexity index is 701. The number of ether oxygens (including phenoxy) is 1. The van der Waals surface area contributed by atoms with Crippen molar-refractivity contribution in [1.29, 1.82) is 0 Å². The summed E-state index contributed by atoms with van der Waals surface area (Å²) in [7, 11) is 0. The predicted octanol–water partition coefficient (Wildman–Crippen LogP) is 5.99. The highest BCUT2D eigenvalue weighted by molar-refractivity contribution is 6.33. The number of benzene rings is 2. The number of halogens is 1. The molecule has 1 aliphatic carbocycles. The fraction of sp³-hybridized carbons (Fsp3) is 0.400. The largest absolute Gasteiger partial charge is 0.489 e. The van der Waals surface area contributed by atoms with E-state index in [9.17, 15) is 0 Å². The molecule has 1 heterocycles. The Labute approximate surface area is 137 Å². The van der Waals surface area contributed by atoms with Gasteiger partial charge in [-0.1, -0.05) is 48.7 Å². The van der Waals surface area contributed by atoms with Gasteiger partial charge in [-0.25, -0.2) is 0 Å². The number of fused-ring (bicyclic) bond motifs is 1. The monoisotopic (exact) mass is 312 g/mol. The zero-order valence-corrected chi connectivity index (χ0v) is 13.7. The molecule has 0 N–H and O–H groups in total. The van der Waals surface area contributed by atoms with Crippen molar-refractivity contribution in [3.8, 4) is 16.9 Å². The average Bonchev–Trinajstić information content (AvgIpc) is 3.15. The molecule has 0 spiro atoms. The average molecular weight is 313 g/mol. The number of rotatable bonds is 2. The van der Waals surface area contributed by atoms with E-state index in [0.29, 0.717) is 5.92 Å². The molecule has 1 saturated carbocycles. The summed E-state index contributed by atoms with van der Waals surface area (Å²) in [5, 5.41) is 0.802. The fourth-order valence-corrected chi connectivity index (χ4v) is 4.17. The normalized spacial score (nSPS) is 20.9. The summed E-state index contributed by atoms with van der Waals surface area (Å²) in [5.41, 5.74) is 5.10. The molecule has 114 valence electrons. The van der Waals surface area contributed by atoms with Gasteiger partial charge in [-0.2, -0.15) is 0 Å². The Balaban J connectivity index is 1.87. The van der Waals surface area contributed by atoms with Gasteiger partial charge in [0.25, 0.3) is 0 Å². The molecule has 1 unspecified atom stereocenters. The minimum absolute atomic E-state index is 0.259. The first-order valence-electron chi connectivity index (χ1n) is 8.31. The Morgan fingerprint density at radius 1 is 1.05 bits per heavy atom. The first-order valence-corrected chi connectivity index (χ1v) is 8.68. The molecule has 1 aliphatic heterocycles. The van der Waals surface area contributed by atoms with Crippen molar-refractivity contribution in [1.82, 2.24) is 0 Å². The van der Waals surface area contributed by atoms with Gasteiger partial charge in [0.15, 0.2) is 0 Å².